The predicted octanol–water partition coefficient (Wildman–Crippen LogP) is 5.86. The van der Waals surface area contributed by atoms with Crippen molar-refractivity contribution < 1.29 is 0 Å². The molecule has 0 amide bonds. The third-order valence-corrected chi connectivity index (χ3v) is 3.93. The molecule has 0 aliphatic carbocycles. The van der Waals surface area contributed by atoms with Crippen LogP contribution in [-0.2, 0) is 0 Å². The van der Waals surface area contributed by atoms with E-state index in [1.807, 2.05) is 60.7 Å². The van der Waals surface area contributed by atoms with E-state index in [4.69, 9.17) is 0 Å². The molecule has 25 heavy (non-hydrogen) atoms. The molecule has 2 N–H and O–H groups in total. The molecule has 0 radical (unpaired) electrons. The highest BCUT2D eigenvalue weighted by molar-refractivity contribution is 9.10. The standard InChI is InChI=1S/C20H21BrN4/c1-20(2,3)25-19-23-17(14-7-5-4-6-8-14)13-18(24-19)22-16-11-9-15(21)10-12-16/h4-13H,1-3H3,(H2,22,23,24,25). The van der Waals surface area contributed by atoms with Crippen molar-refractivity contribution in [1.82, 2.24) is 9.97 Å². The summed E-state index contributed by atoms with van der Waals surface area (Å²) in [5, 5.41) is 6.71. The normalized spacial score (nSPS) is 11.2. The van der Waals surface area contributed by atoms with E-state index in [0.717, 1.165) is 27.2 Å². The zero-order valence-corrected chi connectivity index (χ0v) is 16.1. The van der Waals surface area contributed by atoms with Gasteiger partial charge in [0.2, 0.25) is 5.95 Å². The van der Waals surface area contributed by atoms with Crippen LogP contribution in [0, 0.1) is 0 Å². The molecule has 3 aromatic rings. The number of nitrogens with one attached hydrogen (secondary N) is 2. The molecule has 0 bridgehead atoms. The zero-order chi connectivity index (χ0) is 17.9. The molecule has 1 aromatic heterocycles. The number of nitrogens with zero attached hydrogens (tertiary/aromatic N) is 2. The van der Waals surface area contributed by atoms with Gasteiger partial charge in [-0.1, -0.05) is 46.3 Å². The molecule has 4 nitrogen and oxygen atoms in total. The molecule has 1 heterocycles. The Kier molecular flexibility index (Phi) is 5.04. The van der Waals surface area contributed by atoms with Gasteiger partial charge in [0, 0.05) is 27.3 Å². The molecule has 0 atom stereocenters. The molecule has 5 heteroatoms. The Bertz CT molecular complexity index is 840. The van der Waals surface area contributed by atoms with E-state index in [1.54, 1.807) is 0 Å². The Morgan fingerprint density at radius 2 is 1.56 bits per heavy atom. The minimum Gasteiger partial charge on any atom is -0.350 e. The fraction of sp³-hybridized carbons (Fsp3) is 0.200. The van der Waals surface area contributed by atoms with Crippen LogP contribution in [0.4, 0.5) is 17.5 Å². The first-order valence-corrected chi connectivity index (χ1v) is 8.94. The largest absolute Gasteiger partial charge is 0.350 e. The quantitative estimate of drug-likeness (QED) is 0.579. The molecule has 0 aliphatic rings. The average Bonchev–Trinajstić information content (AvgIpc) is 2.56. The van der Waals surface area contributed by atoms with Crippen LogP contribution < -0.4 is 10.6 Å². The van der Waals surface area contributed by atoms with Crippen molar-refractivity contribution in [3.8, 4) is 11.3 Å². The second-order valence-electron chi connectivity index (χ2n) is 6.83. The lowest BCUT2D eigenvalue weighted by Gasteiger charge is -2.21. The third-order valence-electron chi connectivity index (χ3n) is 3.40. The van der Waals surface area contributed by atoms with Gasteiger partial charge in [-0.3, -0.25) is 0 Å². The number of benzene rings is 2. The lowest BCUT2D eigenvalue weighted by molar-refractivity contribution is 0.626. The smallest absolute Gasteiger partial charge is 0.225 e. The van der Waals surface area contributed by atoms with E-state index in [0.29, 0.717) is 5.95 Å². The van der Waals surface area contributed by atoms with Crippen LogP contribution in [-0.4, -0.2) is 15.5 Å². The number of hydrogen-bond acceptors (Lipinski definition) is 4. The number of aromatic nitrogens is 2. The van der Waals surface area contributed by atoms with Crippen molar-refractivity contribution >= 4 is 33.4 Å². The highest BCUT2D eigenvalue weighted by atomic mass is 79.9. The highest BCUT2D eigenvalue weighted by Gasteiger charge is 2.14. The van der Waals surface area contributed by atoms with Crippen LogP contribution in [0.3, 0.4) is 0 Å². The first kappa shape index (κ1) is 17.4. The Balaban J connectivity index is 1.98. The van der Waals surface area contributed by atoms with Crippen molar-refractivity contribution in [2.45, 2.75) is 26.3 Å². The van der Waals surface area contributed by atoms with Crippen LogP contribution in [0.1, 0.15) is 20.8 Å². The van der Waals surface area contributed by atoms with Gasteiger partial charge in [0.25, 0.3) is 0 Å². The highest BCUT2D eigenvalue weighted by Crippen LogP contribution is 2.25. The SMILES string of the molecule is CC(C)(C)Nc1nc(Nc2ccc(Br)cc2)cc(-c2ccccc2)n1. The molecule has 0 saturated heterocycles. The van der Waals surface area contributed by atoms with Gasteiger partial charge in [-0.25, -0.2) is 4.98 Å². The first-order valence-electron chi connectivity index (χ1n) is 8.14. The van der Waals surface area contributed by atoms with Crippen LogP contribution >= 0.6 is 15.9 Å². The van der Waals surface area contributed by atoms with Crippen LogP contribution in [0.15, 0.2) is 65.1 Å². The summed E-state index contributed by atoms with van der Waals surface area (Å²) >= 11 is 3.45. The van der Waals surface area contributed by atoms with Crippen LogP contribution in [0.25, 0.3) is 11.3 Å². The van der Waals surface area contributed by atoms with Gasteiger partial charge in [-0.05, 0) is 45.0 Å². The van der Waals surface area contributed by atoms with E-state index in [1.165, 1.54) is 0 Å². The van der Waals surface area contributed by atoms with Crippen LogP contribution in [0.5, 0.6) is 0 Å². The lowest BCUT2D eigenvalue weighted by atomic mass is 10.1. The van der Waals surface area contributed by atoms with E-state index in [9.17, 15) is 0 Å². The Morgan fingerprint density at radius 3 is 2.20 bits per heavy atom. The summed E-state index contributed by atoms with van der Waals surface area (Å²) in [5.74, 6) is 1.36. The van der Waals surface area contributed by atoms with Crippen molar-refractivity contribution in [1.29, 1.82) is 0 Å². The second kappa shape index (κ2) is 7.23. The monoisotopic (exact) mass is 396 g/mol. The van der Waals surface area contributed by atoms with Gasteiger partial charge in [-0.2, -0.15) is 4.98 Å². The molecule has 0 saturated carbocycles. The minimum atomic E-state index is -0.121. The topological polar surface area (TPSA) is 49.8 Å². The Labute approximate surface area is 156 Å². The Hall–Kier alpha value is -2.40. The summed E-state index contributed by atoms with van der Waals surface area (Å²) < 4.78 is 1.04. The minimum absolute atomic E-state index is 0.121. The summed E-state index contributed by atoms with van der Waals surface area (Å²) in [6.45, 7) is 6.27. The lowest BCUT2D eigenvalue weighted by Crippen LogP contribution is -2.27. The average molecular weight is 397 g/mol. The van der Waals surface area contributed by atoms with Crippen molar-refractivity contribution in [2.24, 2.45) is 0 Å². The maximum Gasteiger partial charge on any atom is 0.225 e. The molecule has 128 valence electrons. The van der Waals surface area contributed by atoms with E-state index < -0.39 is 0 Å². The van der Waals surface area contributed by atoms with Crippen molar-refractivity contribution in [3.63, 3.8) is 0 Å². The van der Waals surface area contributed by atoms with Gasteiger partial charge < -0.3 is 10.6 Å². The number of hydrogen-bond donors (Lipinski definition) is 2. The molecule has 3 rings (SSSR count). The van der Waals surface area contributed by atoms with Gasteiger partial charge >= 0.3 is 0 Å². The second-order valence-corrected chi connectivity index (χ2v) is 7.75. The maximum absolute atomic E-state index is 4.68. The summed E-state index contributed by atoms with van der Waals surface area (Å²) in [5.41, 5.74) is 2.79. The number of anilines is 3. The maximum atomic E-state index is 4.68. The zero-order valence-electron chi connectivity index (χ0n) is 14.5. The molecule has 0 fully saturated rings. The van der Waals surface area contributed by atoms with E-state index in [2.05, 4.69) is 57.3 Å². The fourth-order valence-corrected chi connectivity index (χ4v) is 2.60. The molecule has 0 spiro atoms. The third kappa shape index (κ3) is 5.03. The van der Waals surface area contributed by atoms with Crippen LogP contribution in [0.2, 0.25) is 0 Å². The van der Waals surface area contributed by atoms with E-state index in [-0.39, 0.29) is 5.54 Å². The van der Waals surface area contributed by atoms with E-state index >= 15 is 0 Å². The molecule has 2 aromatic carbocycles. The number of rotatable bonds is 4. The van der Waals surface area contributed by atoms with Gasteiger partial charge in [-0.15, -0.1) is 0 Å². The van der Waals surface area contributed by atoms with Gasteiger partial charge in [0.1, 0.15) is 5.82 Å². The summed E-state index contributed by atoms with van der Waals surface area (Å²) in [6.07, 6.45) is 0. The molecular weight excluding hydrogens is 376 g/mol. The van der Waals surface area contributed by atoms with Crippen molar-refractivity contribution in [2.75, 3.05) is 10.6 Å². The molecule has 0 aliphatic heterocycles. The molecule has 0 unspecified atom stereocenters. The van der Waals surface area contributed by atoms with Gasteiger partial charge in [0.15, 0.2) is 0 Å². The summed E-state index contributed by atoms with van der Waals surface area (Å²) in [6, 6.07) is 20.1. The molecular formula is C20H21BrN4. The van der Waals surface area contributed by atoms with Gasteiger partial charge in [0.05, 0.1) is 5.69 Å². The number of halogens is 1. The fourth-order valence-electron chi connectivity index (χ4n) is 2.34. The summed E-state index contributed by atoms with van der Waals surface area (Å²) in [7, 11) is 0. The summed E-state index contributed by atoms with van der Waals surface area (Å²) in [4.78, 5) is 9.29. The predicted molar refractivity (Wildman–Crippen MR) is 108 cm³/mol. The Morgan fingerprint density at radius 1 is 0.880 bits per heavy atom. The van der Waals surface area contributed by atoms with Crippen molar-refractivity contribution in [3.05, 3.63) is 65.1 Å². The first-order chi connectivity index (χ1) is 11.9.